The SMILES string of the molecule is Cc1ccc(NC(=O)c2ccccc2NC(=S)NC(=O)CCc2ccccc2)cc1C. The predicted octanol–water partition coefficient (Wildman–Crippen LogP) is 5.00. The van der Waals surface area contributed by atoms with E-state index in [1.54, 1.807) is 24.3 Å². The number of hydrogen-bond donors (Lipinski definition) is 3. The van der Waals surface area contributed by atoms with Gasteiger partial charge < -0.3 is 16.0 Å². The molecule has 0 unspecified atom stereocenters. The fraction of sp³-hybridized carbons (Fsp3) is 0.160. The monoisotopic (exact) mass is 431 g/mol. The molecule has 0 aliphatic rings. The van der Waals surface area contributed by atoms with Gasteiger partial charge in [0, 0.05) is 12.1 Å². The van der Waals surface area contributed by atoms with Gasteiger partial charge in [-0.05, 0) is 73.4 Å². The topological polar surface area (TPSA) is 70.2 Å². The molecule has 2 amide bonds. The molecule has 3 rings (SSSR count). The van der Waals surface area contributed by atoms with Crippen LogP contribution in [-0.4, -0.2) is 16.9 Å². The summed E-state index contributed by atoms with van der Waals surface area (Å²) >= 11 is 5.28. The van der Waals surface area contributed by atoms with Gasteiger partial charge in [0.1, 0.15) is 0 Å². The van der Waals surface area contributed by atoms with Crippen LogP contribution in [0.5, 0.6) is 0 Å². The van der Waals surface area contributed by atoms with Gasteiger partial charge in [0.25, 0.3) is 5.91 Å². The van der Waals surface area contributed by atoms with E-state index in [-0.39, 0.29) is 16.9 Å². The molecule has 0 saturated carbocycles. The summed E-state index contributed by atoms with van der Waals surface area (Å²) in [7, 11) is 0. The van der Waals surface area contributed by atoms with E-state index in [4.69, 9.17) is 12.2 Å². The first-order chi connectivity index (χ1) is 14.9. The van der Waals surface area contributed by atoms with Crippen molar-refractivity contribution in [3.05, 3.63) is 95.1 Å². The smallest absolute Gasteiger partial charge is 0.257 e. The van der Waals surface area contributed by atoms with Gasteiger partial charge in [-0.15, -0.1) is 0 Å². The normalized spacial score (nSPS) is 10.3. The van der Waals surface area contributed by atoms with Gasteiger partial charge in [0.2, 0.25) is 5.91 Å². The number of carbonyl (C=O) groups is 2. The number of hydrogen-bond acceptors (Lipinski definition) is 3. The Morgan fingerprint density at radius 2 is 1.55 bits per heavy atom. The number of para-hydroxylation sites is 1. The summed E-state index contributed by atoms with van der Waals surface area (Å²) in [5.41, 5.74) is 5.03. The molecule has 6 heteroatoms. The van der Waals surface area contributed by atoms with Crippen LogP contribution in [-0.2, 0) is 11.2 Å². The molecule has 0 saturated heterocycles. The Kier molecular flexibility index (Phi) is 7.51. The fourth-order valence-corrected chi connectivity index (χ4v) is 3.28. The summed E-state index contributed by atoms with van der Waals surface area (Å²) in [6, 6.07) is 22.6. The van der Waals surface area contributed by atoms with Crippen molar-refractivity contribution in [3.63, 3.8) is 0 Å². The highest BCUT2D eigenvalue weighted by Gasteiger charge is 2.13. The molecular weight excluding hydrogens is 406 g/mol. The van der Waals surface area contributed by atoms with Gasteiger partial charge in [-0.1, -0.05) is 48.5 Å². The van der Waals surface area contributed by atoms with E-state index < -0.39 is 0 Å². The molecule has 0 aliphatic carbocycles. The molecule has 0 fully saturated rings. The van der Waals surface area contributed by atoms with Gasteiger partial charge in [0.15, 0.2) is 5.11 Å². The number of aryl methyl sites for hydroxylation is 3. The lowest BCUT2D eigenvalue weighted by Crippen LogP contribution is -2.34. The Hall–Kier alpha value is -3.51. The Balaban J connectivity index is 1.60. The molecule has 3 aromatic rings. The summed E-state index contributed by atoms with van der Waals surface area (Å²) < 4.78 is 0. The number of rotatable bonds is 6. The molecular formula is C25H25N3O2S. The third-order valence-electron chi connectivity index (χ3n) is 4.92. The van der Waals surface area contributed by atoms with Crippen molar-refractivity contribution < 1.29 is 9.59 Å². The van der Waals surface area contributed by atoms with Crippen LogP contribution in [0.15, 0.2) is 72.8 Å². The third-order valence-corrected chi connectivity index (χ3v) is 5.13. The first kappa shape index (κ1) is 22.2. The zero-order valence-electron chi connectivity index (χ0n) is 17.6. The molecule has 0 heterocycles. The van der Waals surface area contributed by atoms with E-state index in [0.717, 1.165) is 22.4 Å². The van der Waals surface area contributed by atoms with Gasteiger partial charge in [-0.25, -0.2) is 0 Å². The number of carbonyl (C=O) groups excluding carboxylic acids is 2. The Bertz CT molecular complexity index is 1100. The Morgan fingerprint density at radius 3 is 2.29 bits per heavy atom. The van der Waals surface area contributed by atoms with Crippen LogP contribution in [0.1, 0.15) is 33.5 Å². The van der Waals surface area contributed by atoms with Crippen LogP contribution in [0, 0.1) is 13.8 Å². The quantitative estimate of drug-likeness (QED) is 0.480. The van der Waals surface area contributed by atoms with Crippen molar-refractivity contribution in [1.29, 1.82) is 0 Å². The number of anilines is 2. The zero-order chi connectivity index (χ0) is 22.2. The van der Waals surface area contributed by atoms with Crippen LogP contribution in [0.2, 0.25) is 0 Å². The van der Waals surface area contributed by atoms with Crippen LogP contribution in [0.3, 0.4) is 0 Å². The average Bonchev–Trinajstić information content (AvgIpc) is 2.76. The highest BCUT2D eigenvalue weighted by molar-refractivity contribution is 7.80. The average molecular weight is 432 g/mol. The molecule has 5 nitrogen and oxygen atoms in total. The van der Waals surface area contributed by atoms with Crippen molar-refractivity contribution in [1.82, 2.24) is 5.32 Å². The minimum absolute atomic E-state index is 0.157. The summed E-state index contributed by atoms with van der Waals surface area (Å²) in [5, 5.41) is 8.71. The summed E-state index contributed by atoms with van der Waals surface area (Å²) in [6.07, 6.45) is 0.949. The number of thiocarbonyl (C=S) groups is 1. The molecule has 158 valence electrons. The third kappa shape index (κ3) is 6.49. The van der Waals surface area contributed by atoms with Crippen LogP contribution >= 0.6 is 12.2 Å². The zero-order valence-corrected chi connectivity index (χ0v) is 18.4. The van der Waals surface area contributed by atoms with Gasteiger partial charge in [-0.3, -0.25) is 9.59 Å². The molecule has 0 spiro atoms. The van der Waals surface area contributed by atoms with Crippen molar-refractivity contribution in [2.24, 2.45) is 0 Å². The minimum Gasteiger partial charge on any atom is -0.332 e. The lowest BCUT2D eigenvalue weighted by molar-refractivity contribution is -0.119. The van der Waals surface area contributed by atoms with Gasteiger partial charge in [-0.2, -0.15) is 0 Å². The first-order valence-corrected chi connectivity index (χ1v) is 10.5. The second-order valence-corrected chi connectivity index (χ2v) is 7.69. The summed E-state index contributed by atoms with van der Waals surface area (Å²) in [6.45, 7) is 4.02. The summed E-state index contributed by atoms with van der Waals surface area (Å²) in [4.78, 5) is 25.0. The Labute approximate surface area is 187 Å². The second kappa shape index (κ2) is 10.5. The van der Waals surface area contributed by atoms with E-state index in [2.05, 4.69) is 16.0 Å². The molecule has 31 heavy (non-hydrogen) atoms. The van der Waals surface area contributed by atoms with Gasteiger partial charge in [0.05, 0.1) is 11.3 Å². The van der Waals surface area contributed by atoms with Crippen molar-refractivity contribution in [2.45, 2.75) is 26.7 Å². The standard InChI is InChI=1S/C25H25N3O2S/c1-17-12-14-20(16-18(17)2)26-24(30)21-10-6-7-11-22(21)27-25(31)28-23(29)15-13-19-8-4-3-5-9-19/h3-12,14,16H,13,15H2,1-2H3,(H,26,30)(H2,27,28,29,31). The second-order valence-electron chi connectivity index (χ2n) is 7.29. The van der Waals surface area contributed by atoms with Crippen LogP contribution in [0.25, 0.3) is 0 Å². The van der Waals surface area contributed by atoms with Gasteiger partial charge >= 0.3 is 0 Å². The molecule has 0 aromatic heterocycles. The largest absolute Gasteiger partial charge is 0.332 e. The highest BCUT2D eigenvalue weighted by atomic mass is 32.1. The lowest BCUT2D eigenvalue weighted by atomic mass is 10.1. The molecule has 3 aromatic carbocycles. The molecule has 0 atom stereocenters. The lowest BCUT2D eigenvalue weighted by Gasteiger charge is -2.14. The Morgan fingerprint density at radius 1 is 0.839 bits per heavy atom. The minimum atomic E-state index is -0.260. The number of benzene rings is 3. The first-order valence-electron chi connectivity index (χ1n) is 10.0. The van der Waals surface area contributed by atoms with Crippen LogP contribution in [0.4, 0.5) is 11.4 Å². The maximum atomic E-state index is 12.8. The van der Waals surface area contributed by atoms with Crippen LogP contribution < -0.4 is 16.0 Å². The fourth-order valence-electron chi connectivity index (χ4n) is 3.05. The molecule has 3 N–H and O–H groups in total. The van der Waals surface area contributed by atoms with E-state index >= 15 is 0 Å². The van der Waals surface area contributed by atoms with E-state index in [9.17, 15) is 9.59 Å². The number of nitrogens with one attached hydrogen (secondary N) is 3. The van der Waals surface area contributed by atoms with E-state index in [1.807, 2.05) is 62.4 Å². The van der Waals surface area contributed by atoms with E-state index in [0.29, 0.717) is 24.1 Å². The maximum Gasteiger partial charge on any atom is 0.257 e. The molecule has 0 bridgehead atoms. The molecule has 0 aliphatic heterocycles. The highest BCUT2D eigenvalue weighted by Crippen LogP contribution is 2.19. The molecule has 0 radical (unpaired) electrons. The maximum absolute atomic E-state index is 12.8. The summed E-state index contributed by atoms with van der Waals surface area (Å²) in [5.74, 6) is -0.442. The van der Waals surface area contributed by atoms with E-state index in [1.165, 1.54) is 0 Å². The van der Waals surface area contributed by atoms with Crippen molar-refractivity contribution in [2.75, 3.05) is 10.6 Å². The number of amides is 2. The van der Waals surface area contributed by atoms with Crippen molar-refractivity contribution >= 4 is 40.5 Å². The predicted molar refractivity (Wildman–Crippen MR) is 129 cm³/mol. The van der Waals surface area contributed by atoms with Crippen molar-refractivity contribution in [3.8, 4) is 0 Å².